The Morgan fingerprint density at radius 2 is 2.00 bits per heavy atom. The van der Waals surface area contributed by atoms with Crippen molar-refractivity contribution in [2.45, 2.75) is 19.3 Å². The molecule has 0 fully saturated rings. The summed E-state index contributed by atoms with van der Waals surface area (Å²) in [6.45, 7) is 2.26. The smallest absolute Gasteiger partial charge is 0.222 e. The lowest BCUT2D eigenvalue weighted by atomic mass is 10.2. The molecule has 1 aromatic carbocycles. The Labute approximate surface area is 115 Å². The molecule has 0 aliphatic rings. The van der Waals surface area contributed by atoms with Gasteiger partial charge in [-0.25, -0.2) is 0 Å². The second kappa shape index (κ2) is 9.39. The average molecular weight is 264 g/mol. The van der Waals surface area contributed by atoms with Gasteiger partial charge in [0.05, 0.1) is 6.61 Å². The Morgan fingerprint density at radius 1 is 1.26 bits per heavy atom. The van der Waals surface area contributed by atoms with Crippen LogP contribution in [0.15, 0.2) is 30.3 Å². The summed E-state index contributed by atoms with van der Waals surface area (Å²) >= 11 is 0. The Bertz CT molecular complexity index is 354. The van der Waals surface area contributed by atoms with Crippen molar-refractivity contribution in [3.05, 3.63) is 30.3 Å². The summed E-state index contributed by atoms with van der Waals surface area (Å²) in [7, 11) is 3.75. The molecule has 0 aliphatic heterocycles. The van der Waals surface area contributed by atoms with Gasteiger partial charge in [0.1, 0.15) is 5.75 Å². The molecule has 0 aliphatic carbocycles. The van der Waals surface area contributed by atoms with Crippen molar-refractivity contribution in [1.29, 1.82) is 0 Å². The summed E-state index contributed by atoms with van der Waals surface area (Å²) in [6.07, 6.45) is 2.35. The zero-order valence-electron chi connectivity index (χ0n) is 11.9. The third-order valence-electron chi connectivity index (χ3n) is 2.89. The number of nitrogens with zero attached hydrogens (tertiary/aromatic N) is 1. The third kappa shape index (κ3) is 6.82. The predicted molar refractivity (Wildman–Crippen MR) is 77.4 cm³/mol. The lowest BCUT2D eigenvalue weighted by Gasteiger charge is -2.17. The molecule has 4 nitrogen and oxygen atoms in total. The van der Waals surface area contributed by atoms with Gasteiger partial charge in [0.25, 0.3) is 0 Å². The first-order valence-corrected chi connectivity index (χ1v) is 6.80. The van der Waals surface area contributed by atoms with Crippen LogP contribution in [-0.2, 0) is 4.79 Å². The van der Waals surface area contributed by atoms with Gasteiger partial charge in [0, 0.05) is 20.0 Å². The number of rotatable bonds is 9. The van der Waals surface area contributed by atoms with E-state index in [4.69, 9.17) is 4.74 Å². The molecule has 0 aromatic heterocycles. The maximum Gasteiger partial charge on any atom is 0.222 e. The lowest BCUT2D eigenvalue weighted by Crippen LogP contribution is -2.29. The van der Waals surface area contributed by atoms with Crippen molar-refractivity contribution in [3.63, 3.8) is 0 Å². The molecule has 106 valence electrons. The van der Waals surface area contributed by atoms with Crippen molar-refractivity contribution >= 4 is 5.91 Å². The van der Waals surface area contributed by atoms with Crippen LogP contribution in [0.5, 0.6) is 5.75 Å². The number of ether oxygens (including phenoxy) is 1. The first-order valence-electron chi connectivity index (χ1n) is 6.80. The molecule has 0 radical (unpaired) electrons. The molecule has 0 saturated carbocycles. The Morgan fingerprint density at radius 3 is 2.68 bits per heavy atom. The minimum atomic E-state index is 0.204. The quantitative estimate of drug-likeness (QED) is 0.693. The first-order chi connectivity index (χ1) is 9.24. The van der Waals surface area contributed by atoms with Gasteiger partial charge in [-0.05, 0) is 38.6 Å². The van der Waals surface area contributed by atoms with Gasteiger partial charge in [-0.3, -0.25) is 4.79 Å². The van der Waals surface area contributed by atoms with Crippen LogP contribution in [0.3, 0.4) is 0 Å². The fourth-order valence-electron chi connectivity index (χ4n) is 1.74. The van der Waals surface area contributed by atoms with E-state index in [2.05, 4.69) is 5.32 Å². The van der Waals surface area contributed by atoms with Crippen LogP contribution in [0.1, 0.15) is 19.3 Å². The van der Waals surface area contributed by atoms with E-state index in [-0.39, 0.29) is 5.91 Å². The maximum absolute atomic E-state index is 11.7. The molecule has 0 heterocycles. The van der Waals surface area contributed by atoms with Crippen LogP contribution in [0.2, 0.25) is 0 Å². The molecule has 19 heavy (non-hydrogen) atoms. The summed E-state index contributed by atoms with van der Waals surface area (Å²) in [5.41, 5.74) is 0. The van der Waals surface area contributed by atoms with E-state index in [1.165, 1.54) is 0 Å². The molecule has 1 amide bonds. The monoisotopic (exact) mass is 264 g/mol. The van der Waals surface area contributed by atoms with E-state index >= 15 is 0 Å². The topological polar surface area (TPSA) is 41.6 Å². The maximum atomic E-state index is 11.7. The minimum Gasteiger partial charge on any atom is -0.494 e. The molecule has 4 heteroatoms. The van der Waals surface area contributed by atoms with Crippen molar-refractivity contribution in [2.24, 2.45) is 0 Å². The Kier molecular flexibility index (Phi) is 7.66. The first kappa shape index (κ1) is 15.5. The van der Waals surface area contributed by atoms with Gasteiger partial charge in [-0.15, -0.1) is 0 Å². The zero-order valence-corrected chi connectivity index (χ0v) is 11.9. The van der Waals surface area contributed by atoms with Gasteiger partial charge >= 0.3 is 0 Å². The van der Waals surface area contributed by atoms with Crippen LogP contribution < -0.4 is 10.1 Å². The van der Waals surface area contributed by atoms with Crippen LogP contribution >= 0.6 is 0 Å². The van der Waals surface area contributed by atoms with E-state index < -0.39 is 0 Å². The number of amides is 1. The van der Waals surface area contributed by atoms with E-state index in [1.807, 2.05) is 44.4 Å². The third-order valence-corrected chi connectivity index (χ3v) is 2.89. The Hall–Kier alpha value is -1.55. The number of nitrogens with one attached hydrogen (secondary N) is 1. The standard InChI is InChI=1S/C15H24N2O2/c1-16-11-6-10-15(18)17(2)12-7-13-19-14-8-4-3-5-9-14/h3-5,8-9,16H,6-7,10-13H2,1-2H3. The summed E-state index contributed by atoms with van der Waals surface area (Å²) in [5, 5.41) is 3.04. The van der Waals surface area contributed by atoms with Gasteiger partial charge in [0.2, 0.25) is 5.91 Å². The summed E-state index contributed by atoms with van der Waals surface area (Å²) in [5.74, 6) is 1.08. The minimum absolute atomic E-state index is 0.204. The fraction of sp³-hybridized carbons (Fsp3) is 0.533. The number of benzene rings is 1. The molecule has 1 aromatic rings. The number of carbonyl (C=O) groups excluding carboxylic acids is 1. The molecule has 0 unspecified atom stereocenters. The highest BCUT2D eigenvalue weighted by Gasteiger charge is 2.07. The molecule has 0 bridgehead atoms. The molecular formula is C15H24N2O2. The van der Waals surface area contributed by atoms with Gasteiger partial charge in [-0.2, -0.15) is 0 Å². The second-order valence-electron chi connectivity index (χ2n) is 4.54. The second-order valence-corrected chi connectivity index (χ2v) is 4.54. The average Bonchev–Trinajstić information content (AvgIpc) is 2.44. The summed E-state index contributed by atoms with van der Waals surface area (Å²) in [4.78, 5) is 13.5. The molecule has 1 N–H and O–H groups in total. The van der Waals surface area contributed by atoms with Crippen LogP contribution in [0.25, 0.3) is 0 Å². The molecular weight excluding hydrogens is 240 g/mol. The number of hydrogen-bond donors (Lipinski definition) is 1. The summed E-state index contributed by atoms with van der Waals surface area (Å²) in [6, 6.07) is 9.74. The molecule has 1 rings (SSSR count). The predicted octanol–water partition coefficient (Wildman–Crippen LogP) is 1.91. The van der Waals surface area contributed by atoms with Crippen LogP contribution in [0.4, 0.5) is 0 Å². The van der Waals surface area contributed by atoms with Crippen LogP contribution in [0, 0.1) is 0 Å². The van der Waals surface area contributed by atoms with Gasteiger partial charge in [-0.1, -0.05) is 18.2 Å². The normalized spacial score (nSPS) is 10.2. The van der Waals surface area contributed by atoms with E-state index in [9.17, 15) is 4.79 Å². The van der Waals surface area contributed by atoms with Crippen molar-refractivity contribution in [1.82, 2.24) is 10.2 Å². The molecule has 0 spiro atoms. The largest absolute Gasteiger partial charge is 0.494 e. The molecule has 0 atom stereocenters. The highest BCUT2D eigenvalue weighted by atomic mass is 16.5. The summed E-state index contributed by atoms with van der Waals surface area (Å²) < 4.78 is 5.59. The number of para-hydroxylation sites is 1. The Balaban J connectivity index is 2.09. The number of hydrogen-bond acceptors (Lipinski definition) is 3. The SMILES string of the molecule is CNCCCC(=O)N(C)CCCOc1ccccc1. The van der Waals surface area contributed by atoms with Crippen molar-refractivity contribution < 1.29 is 9.53 Å². The van der Waals surface area contributed by atoms with Gasteiger partial charge in [0.15, 0.2) is 0 Å². The fourth-order valence-corrected chi connectivity index (χ4v) is 1.74. The van der Waals surface area contributed by atoms with E-state index in [1.54, 1.807) is 4.90 Å². The van der Waals surface area contributed by atoms with Crippen molar-refractivity contribution in [2.75, 3.05) is 33.8 Å². The molecule has 0 saturated heterocycles. The zero-order chi connectivity index (χ0) is 13.9. The van der Waals surface area contributed by atoms with E-state index in [0.29, 0.717) is 13.0 Å². The van der Waals surface area contributed by atoms with E-state index in [0.717, 1.165) is 31.7 Å². The highest BCUT2D eigenvalue weighted by Crippen LogP contribution is 2.08. The van der Waals surface area contributed by atoms with Gasteiger partial charge < -0.3 is 15.0 Å². The van der Waals surface area contributed by atoms with Crippen LogP contribution in [-0.4, -0.2) is 44.6 Å². The lowest BCUT2D eigenvalue weighted by molar-refractivity contribution is -0.130. The highest BCUT2D eigenvalue weighted by molar-refractivity contribution is 5.75. The van der Waals surface area contributed by atoms with Crippen molar-refractivity contribution in [3.8, 4) is 5.75 Å². The number of carbonyl (C=O) groups is 1.